The molecule has 0 aromatic carbocycles. The molecule has 0 saturated heterocycles. The summed E-state index contributed by atoms with van der Waals surface area (Å²) < 4.78 is 0. The zero-order chi connectivity index (χ0) is 7.73. The van der Waals surface area contributed by atoms with Crippen molar-refractivity contribution in [2.45, 2.75) is 31.2 Å². The van der Waals surface area contributed by atoms with E-state index in [1.807, 2.05) is 5.51 Å². The standard InChI is InChI=1S/C8H12N2S/c9-8(3-1-2-4-8)7-5-11-6-10-7/h5-6H,1-4,9H2. The minimum Gasteiger partial charge on any atom is -0.320 e. The topological polar surface area (TPSA) is 38.9 Å². The zero-order valence-electron chi connectivity index (χ0n) is 6.42. The van der Waals surface area contributed by atoms with Crippen molar-refractivity contribution in [1.29, 1.82) is 0 Å². The molecular formula is C8H12N2S. The second-order valence-corrected chi connectivity index (χ2v) is 3.96. The molecule has 1 aliphatic rings. The summed E-state index contributed by atoms with van der Waals surface area (Å²) in [5.41, 5.74) is 9.05. The molecule has 1 fully saturated rings. The first-order chi connectivity index (χ1) is 5.31. The van der Waals surface area contributed by atoms with Crippen molar-refractivity contribution in [3.05, 3.63) is 16.6 Å². The van der Waals surface area contributed by atoms with Crippen molar-refractivity contribution in [1.82, 2.24) is 4.98 Å². The Labute approximate surface area is 70.5 Å². The Morgan fingerprint density at radius 3 is 2.73 bits per heavy atom. The van der Waals surface area contributed by atoms with E-state index >= 15 is 0 Å². The molecular weight excluding hydrogens is 156 g/mol. The van der Waals surface area contributed by atoms with Crippen LogP contribution in [0.5, 0.6) is 0 Å². The van der Waals surface area contributed by atoms with E-state index in [1.165, 1.54) is 12.8 Å². The SMILES string of the molecule is NC1(c2cscn2)CCCC1. The van der Waals surface area contributed by atoms with Crippen LogP contribution in [0.3, 0.4) is 0 Å². The molecule has 11 heavy (non-hydrogen) atoms. The summed E-state index contributed by atoms with van der Waals surface area (Å²) >= 11 is 1.63. The molecule has 0 unspecified atom stereocenters. The largest absolute Gasteiger partial charge is 0.320 e. The maximum Gasteiger partial charge on any atom is 0.0795 e. The van der Waals surface area contributed by atoms with Crippen LogP contribution in [-0.4, -0.2) is 4.98 Å². The van der Waals surface area contributed by atoms with Gasteiger partial charge in [0.05, 0.1) is 16.7 Å². The number of nitrogens with two attached hydrogens (primary N) is 1. The van der Waals surface area contributed by atoms with Gasteiger partial charge in [0.1, 0.15) is 0 Å². The molecule has 0 amide bonds. The van der Waals surface area contributed by atoms with E-state index in [2.05, 4.69) is 10.4 Å². The normalized spacial score (nSPS) is 22.3. The molecule has 1 heterocycles. The lowest BCUT2D eigenvalue weighted by atomic mass is 9.96. The molecule has 3 heteroatoms. The number of nitrogens with zero attached hydrogens (tertiary/aromatic N) is 1. The average Bonchev–Trinajstić information content (AvgIpc) is 2.55. The van der Waals surface area contributed by atoms with E-state index in [9.17, 15) is 0 Å². The van der Waals surface area contributed by atoms with Gasteiger partial charge in [-0.1, -0.05) is 12.8 Å². The average molecular weight is 168 g/mol. The van der Waals surface area contributed by atoms with Crippen molar-refractivity contribution in [2.75, 3.05) is 0 Å². The minimum absolute atomic E-state index is 0.0833. The third-order valence-electron chi connectivity index (χ3n) is 2.44. The molecule has 0 spiro atoms. The second-order valence-electron chi connectivity index (χ2n) is 3.24. The number of hydrogen-bond acceptors (Lipinski definition) is 3. The summed E-state index contributed by atoms with van der Waals surface area (Å²) in [5.74, 6) is 0. The molecule has 1 aromatic heterocycles. The Bertz CT molecular complexity index is 224. The molecule has 0 radical (unpaired) electrons. The monoisotopic (exact) mass is 168 g/mol. The van der Waals surface area contributed by atoms with Gasteiger partial charge in [-0.2, -0.15) is 0 Å². The van der Waals surface area contributed by atoms with Crippen LogP contribution in [0.2, 0.25) is 0 Å². The Morgan fingerprint density at radius 1 is 1.45 bits per heavy atom. The minimum atomic E-state index is -0.0833. The van der Waals surface area contributed by atoms with Crippen molar-refractivity contribution < 1.29 is 0 Å². The summed E-state index contributed by atoms with van der Waals surface area (Å²) in [6.45, 7) is 0. The van der Waals surface area contributed by atoms with Crippen LogP contribution in [-0.2, 0) is 5.54 Å². The zero-order valence-corrected chi connectivity index (χ0v) is 7.23. The summed E-state index contributed by atoms with van der Waals surface area (Å²) in [6, 6.07) is 0. The van der Waals surface area contributed by atoms with Crippen LogP contribution < -0.4 is 5.73 Å². The molecule has 2 rings (SSSR count). The molecule has 2 N–H and O–H groups in total. The van der Waals surface area contributed by atoms with E-state index in [0.29, 0.717) is 0 Å². The van der Waals surface area contributed by atoms with E-state index < -0.39 is 0 Å². The second kappa shape index (κ2) is 2.57. The molecule has 1 aliphatic carbocycles. The molecule has 0 bridgehead atoms. The Hall–Kier alpha value is -0.410. The van der Waals surface area contributed by atoms with Crippen molar-refractivity contribution >= 4 is 11.3 Å². The maximum absolute atomic E-state index is 6.17. The number of hydrogen-bond donors (Lipinski definition) is 1. The third kappa shape index (κ3) is 1.19. The third-order valence-corrected chi connectivity index (χ3v) is 3.02. The highest BCUT2D eigenvalue weighted by Crippen LogP contribution is 2.35. The highest BCUT2D eigenvalue weighted by molar-refractivity contribution is 7.07. The highest BCUT2D eigenvalue weighted by atomic mass is 32.1. The predicted octanol–water partition coefficient (Wildman–Crippen LogP) is 1.87. The number of rotatable bonds is 1. The summed E-state index contributed by atoms with van der Waals surface area (Å²) in [6.07, 6.45) is 4.73. The Balaban J connectivity index is 2.27. The van der Waals surface area contributed by atoms with Crippen LogP contribution in [0.4, 0.5) is 0 Å². The Kier molecular flexibility index (Phi) is 1.69. The van der Waals surface area contributed by atoms with Gasteiger partial charge in [-0.25, -0.2) is 4.98 Å². The first kappa shape index (κ1) is 7.25. The van der Waals surface area contributed by atoms with Gasteiger partial charge in [0.25, 0.3) is 0 Å². The first-order valence-corrected chi connectivity index (χ1v) is 4.93. The fourth-order valence-electron chi connectivity index (χ4n) is 1.72. The first-order valence-electron chi connectivity index (χ1n) is 3.99. The number of aromatic nitrogens is 1. The van der Waals surface area contributed by atoms with Gasteiger partial charge in [0, 0.05) is 5.38 Å². The van der Waals surface area contributed by atoms with Crippen molar-refractivity contribution in [3.8, 4) is 0 Å². The van der Waals surface area contributed by atoms with Gasteiger partial charge in [0.15, 0.2) is 0 Å². The molecule has 1 aromatic rings. The van der Waals surface area contributed by atoms with Gasteiger partial charge in [-0.3, -0.25) is 0 Å². The van der Waals surface area contributed by atoms with E-state index in [1.54, 1.807) is 11.3 Å². The van der Waals surface area contributed by atoms with E-state index in [0.717, 1.165) is 18.5 Å². The summed E-state index contributed by atoms with van der Waals surface area (Å²) in [4.78, 5) is 4.26. The van der Waals surface area contributed by atoms with E-state index in [4.69, 9.17) is 5.73 Å². The van der Waals surface area contributed by atoms with Gasteiger partial charge in [-0.05, 0) is 12.8 Å². The number of thiazole rings is 1. The predicted molar refractivity (Wildman–Crippen MR) is 46.4 cm³/mol. The van der Waals surface area contributed by atoms with Crippen LogP contribution in [0.25, 0.3) is 0 Å². The Morgan fingerprint density at radius 2 is 2.18 bits per heavy atom. The highest BCUT2D eigenvalue weighted by Gasteiger charge is 2.32. The summed E-state index contributed by atoms with van der Waals surface area (Å²) in [5, 5.41) is 2.07. The fraction of sp³-hybridized carbons (Fsp3) is 0.625. The quantitative estimate of drug-likeness (QED) is 0.695. The van der Waals surface area contributed by atoms with Crippen molar-refractivity contribution in [2.24, 2.45) is 5.73 Å². The molecule has 0 aliphatic heterocycles. The maximum atomic E-state index is 6.17. The fourth-order valence-corrected chi connectivity index (χ4v) is 2.38. The van der Waals surface area contributed by atoms with Gasteiger partial charge in [0.2, 0.25) is 0 Å². The molecule has 2 nitrogen and oxygen atoms in total. The van der Waals surface area contributed by atoms with Crippen LogP contribution in [0, 0.1) is 0 Å². The van der Waals surface area contributed by atoms with Gasteiger partial charge in [-0.15, -0.1) is 11.3 Å². The molecule has 1 saturated carbocycles. The van der Waals surface area contributed by atoms with Crippen LogP contribution in [0.15, 0.2) is 10.9 Å². The lowest BCUT2D eigenvalue weighted by Gasteiger charge is -2.20. The summed E-state index contributed by atoms with van der Waals surface area (Å²) in [7, 11) is 0. The lowest BCUT2D eigenvalue weighted by molar-refractivity contribution is 0.450. The van der Waals surface area contributed by atoms with Gasteiger partial charge < -0.3 is 5.73 Å². The van der Waals surface area contributed by atoms with Crippen LogP contribution in [0.1, 0.15) is 31.4 Å². The lowest BCUT2D eigenvalue weighted by Crippen LogP contribution is -2.33. The van der Waals surface area contributed by atoms with Gasteiger partial charge >= 0.3 is 0 Å². The molecule has 60 valence electrons. The molecule has 0 atom stereocenters. The van der Waals surface area contributed by atoms with Crippen molar-refractivity contribution in [3.63, 3.8) is 0 Å². The smallest absolute Gasteiger partial charge is 0.0795 e. The van der Waals surface area contributed by atoms with E-state index in [-0.39, 0.29) is 5.54 Å². The van der Waals surface area contributed by atoms with Crippen LogP contribution >= 0.6 is 11.3 Å².